The number of nitrogens with zero attached hydrogens (tertiary/aromatic N) is 3. The minimum atomic E-state index is -4.55. The number of hydrogen-bond acceptors (Lipinski definition) is 5. The van der Waals surface area contributed by atoms with E-state index in [0.29, 0.717) is 27.1 Å². The first-order chi connectivity index (χ1) is 16.2. The molecule has 3 aromatic carbocycles. The summed E-state index contributed by atoms with van der Waals surface area (Å²) in [5.74, 6) is 0.889. The van der Waals surface area contributed by atoms with Gasteiger partial charge >= 0.3 is 6.18 Å². The van der Waals surface area contributed by atoms with Gasteiger partial charge < -0.3 is 9.47 Å². The first kappa shape index (κ1) is 23.5. The van der Waals surface area contributed by atoms with Crippen LogP contribution >= 0.6 is 15.9 Å². The maximum Gasteiger partial charge on any atom is 0.416 e. The van der Waals surface area contributed by atoms with E-state index in [4.69, 9.17) is 9.47 Å². The van der Waals surface area contributed by atoms with E-state index >= 15 is 0 Å². The highest BCUT2D eigenvalue weighted by atomic mass is 79.9. The molecule has 0 spiro atoms. The summed E-state index contributed by atoms with van der Waals surface area (Å²) in [7, 11) is 2.98. The van der Waals surface area contributed by atoms with Crippen molar-refractivity contribution < 1.29 is 22.6 Å². The number of methoxy groups -OCH3 is 2. The van der Waals surface area contributed by atoms with Crippen LogP contribution in [-0.4, -0.2) is 30.1 Å². The van der Waals surface area contributed by atoms with E-state index < -0.39 is 17.3 Å². The summed E-state index contributed by atoms with van der Waals surface area (Å²) >= 11 is 3.40. The molecule has 0 amide bonds. The van der Waals surface area contributed by atoms with Gasteiger partial charge in [-0.05, 0) is 57.9 Å². The van der Waals surface area contributed by atoms with E-state index in [0.717, 1.165) is 16.8 Å². The molecule has 34 heavy (non-hydrogen) atoms. The summed E-state index contributed by atoms with van der Waals surface area (Å²) in [5, 5.41) is 4.57. The van der Waals surface area contributed by atoms with Crippen molar-refractivity contribution in [2.24, 2.45) is 5.10 Å². The van der Waals surface area contributed by atoms with Gasteiger partial charge in [-0.2, -0.15) is 22.9 Å². The average molecular weight is 532 g/mol. The third-order valence-corrected chi connectivity index (χ3v) is 5.57. The minimum absolute atomic E-state index is 0.0226. The van der Waals surface area contributed by atoms with E-state index in [1.165, 1.54) is 32.6 Å². The average Bonchev–Trinajstić information content (AvgIpc) is 2.82. The number of para-hydroxylation sites is 1. The van der Waals surface area contributed by atoms with Crippen molar-refractivity contribution in [1.29, 1.82) is 0 Å². The Labute approximate surface area is 200 Å². The summed E-state index contributed by atoms with van der Waals surface area (Å²) in [6.45, 7) is 0. The van der Waals surface area contributed by atoms with Crippen molar-refractivity contribution in [2.45, 2.75) is 6.18 Å². The predicted molar refractivity (Wildman–Crippen MR) is 127 cm³/mol. The highest BCUT2D eigenvalue weighted by molar-refractivity contribution is 9.10. The summed E-state index contributed by atoms with van der Waals surface area (Å²) in [6, 6.07) is 14.5. The van der Waals surface area contributed by atoms with Crippen LogP contribution in [-0.2, 0) is 6.18 Å². The lowest BCUT2D eigenvalue weighted by molar-refractivity contribution is -0.137. The van der Waals surface area contributed by atoms with Crippen molar-refractivity contribution >= 4 is 33.0 Å². The zero-order chi connectivity index (χ0) is 24.5. The minimum Gasteiger partial charge on any atom is -0.493 e. The van der Waals surface area contributed by atoms with Crippen LogP contribution in [0.4, 0.5) is 13.2 Å². The van der Waals surface area contributed by atoms with Gasteiger partial charge in [0.2, 0.25) is 0 Å². The van der Waals surface area contributed by atoms with Crippen LogP contribution in [0.5, 0.6) is 11.5 Å². The van der Waals surface area contributed by atoms with Crippen LogP contribution in [0, 0.1) is 0 Å². The zero-order valence-electron chi connectivity index (χ0n) is 17.9. The lowest BCUT2D eigenvalue weighted by Crippen LogP contribution is -2.20. The van der Waals surface area contributed by atoms with Crippen LogP contribution < -0.4 is 15.0 Å². The van der Waals surface area contributed by atoms with Gasteiger partial charge in [-0.15, -0.1) is 0 Å². The molecule has 0 aliphatic heterocycles. The predicted octanol–water partition coefficient (Wildman–Crippen LogP) is 5.74. The molecule has 10 heteroatoms. The van der Waals surface area contributed by atoms with Crippen LogP contribution in [0.3, 0.4) is 0 Å². The second-order valence-corrected chi connectivity index (χ2v) is 7.99. The number of alkyl halides is 3. The molecule has 174 valence electrons. The smallest absolute Gasteiger partial charge is 0.416 e. The second-order valence-electron chi connectivity index (χ2n) is 7.13. The molecule has 0 aliphatic carbocycles. The zero-order valence-corrected chi connectivity index (χ0v) is 19.5. The van der Waals surface area contributed by atoms with Crippen molar-refractivity contribution in [1.82, 2.24) is 9.66 Å². The highest BCUT2D eigenvalue weighted by Crippen LogP contribution is 2.36. The number of fused-ring (bicyclic) bond motifs is 1. The van der Waals surface area contributed by atoms with Gasteiger partial charge in [-0.25, -0.2) is 4.98 Å². The van der Waals surface area contributed by atoms with Crippen LogP contribution in [0.15, 0.2) is 75.0 Å². The normalized spacial score (nSPS) is 11.8. The Bertz CT molecular complexity index is 1470. The van der Waals surface area contributed by atoms with Crippen molar-refractivity contribution in [3.05, 3.63) is 86.6 Å². The van der Waals surface area contributed by atoms with Gasteiger partial charge in [0.05, 0.1) is 41.4 Å². The quantitative estimate of drug-likeness (QED) is 0.308. The summed E-state index contributed by atoms with van der Waals surface area (Å²) in [4.78, 5) is 17.7. The Morgan fingerprint density at radius 3 is 2.50 bits per heavy atom. The topological polar surface area (TPSA) is 65.7 Å². The highest BCUT2D eigenvalue weighted by Gasteiger charge is 2.31. The lowest BCUT2D eigenvalue weighted by Gasteiger charge is -2.12. The molecule has 0 N–H and O–H groups in total. The number of ether oxygens (including phenoxy) is 2. The molecular weight excluding hydrogens is 515 g/mol. The van der Waals surface area contributed by atoms with Crippen LogP contribution in [0.25, 0.3) is 22.3 Å². The lowest BCUT2D eigenvalue weighted by atomic mass is 10.1. The van der Waals surface area contributed by atoms with Crippen molar-refractivity contribution in [3.63, 3.8) is 0 Å². The van der Waals surface area contributed by atoms with Crippen LogP contribution in [0.2, 0.25) is 0 Å². The van der Waals surface area contributed by atoms with E-state index in [-0.39, 0.29) is 16.8 Å². The molecular formula is C24H17BrF3N3O3. The Hall–Kier alpha value is -3.66. The molecule has 0 atom stereocenters. The molecule has 0 bridgehead atoms. The van der Waals surface area contributed by atoms with E-state index in [2.05, 4.69) is 26.0 Å². The van der Waals surface area contributed by atoms with E-state index in [1.54, 1.807) is 36.4 Å². The molecule has 0 saturated carbocycles. The molecule has 0 aliphatic rings. The van der Waals surface area contributed by atoms with Crippen molar-refractivity contribution in [3.8, 4) is 22.9 Å². The fourth-order valence-electron chi connectivity index (χ4n) is 3.39. The SMILES string of the molecule is COc1cc(C=Nn2c(-c3cccc(C(F)(F)F)c3)nc3ccccc3c2=O)cc(Br)c1OC. The first-order valence-corrected chi connectivity index (χ1v) is 10.7. The largest absolute Gasteiger partial charge is 0.493 e. The third kappa shape index (κ3) is 4.54. The Kier molecular flexibility index (Phi) is 6.43. The molecule has 1 heterocycles. The number of benzene rings is 3. The number of rotatable bonds is 5. The summed E-state index contributed by atoms with van der Waals surface area (Å²) < 4.78 is 52.1. The van der Waals surface area contributed by atoms with Gasteiger partial charge in [0.25, 0.3) is 5.56 Å². The van der Waals surface area contributed by atoms with Gasteiger partial charge in [0, 0.05) is 5.56 Å². The molecule has 0 saturated heterocycles. The molecule has 0 unspecified atom stereocenters. The second kappa shape index (κ2) is 9.30. The molecule has 4 rings (SSSR count). The first-order valence-electron chi connectivity index (χ1n) is 9.88. The number of hydrogen-bond donors (Lipinski definition) is 0. The number of aromatic nitrogens is 2. The summed E-state index contributed by atoms with van der Waals surface area (Å²) in [6.07, 6.45) is -3.16. The Morgan fingerprint density at radius 1 is 1.03 bits per heavy atom. The van der Waals surface area contributed by atoms with Gasteiger partial charge in [0.1, 0.15) is 0 Å². The van der Waals surface area contributed by atoms with Gasteiger partial charge in [0.15, 0.2) is 17.3 Å². The molecule has 6 nitrogen and oxygen atoms in total. The van der Waals surface area contributed by atoms with Crippen molar-refractivity contribution in [2.75, 3.05) is 14.2 Å². The van der Waals surface area contributed by atoms with Gasteiger partial charge in [-0.3, -0.25) is 4.79 Å². The third-order valence-electron chi connectivity index (χ3n) is 4.98. The Balaban J connectivity index is 1.92. The molecule has 0 radical (unpaired) electrons. The molecule has 4 aromatic rings. The van der Waals surface area contributed by atoms with Gasteiger partial charge in [-0.1, -0.05) is 24.3 Å². The monoisotopic (exact) mass is 531 g/mol. The Morgan fingerprint density at radius 2 is 1.79 bits per heavy atom. The van der Waals surface area contributed by atoms with E-state index in [1.807, 2.05) is 0 Å². The van der Waals surface area contributed by atoms with Crippen LogP contribution in [0.1, 0.15) is 11.1 Å². The summed E-state index contributed by atoms with van der Waals surface area (Å²) in [5.41, 5.74) is -0.372. The van der Waals surface area contributed by atoms with E-state index in [9.17, 15) is 18.0 Å². The fraction of sp³-hybridized carbons (Fsp3) is 0.125. The maximum atomic E-state index is 13.3. The molecule has 0 fully saturated rings. The molecule has 1 aromatic heterocycles. The standard InChI is InChI=1S/C24H17BrF3N3O3/c1-33-20-11-14(10-18(25)21(20)34-2)13-29-31-22(15-6-5-7-16(12-15)24(26,27)28)30-19-9-4-3-8-17(19)23(31)32/h3-13H,1-2H3. The maximum absolute atomic E-state index is 13.3. The number of halogens is 4. The fourth-order valence-corrected chi connectivity index (χ4v) is 4.01.